The molecule has 2 amide bonds. The SMILES string of the molecule is Cc1ccc(OCCNC(=O)NCCc2ccccc2F)c(C)c1. The van der Waals surface area contributed by atoms with Crippen molar-refractivity contribution in [2.45, 2.75) is 20.3 Å². The first-order valence-electron chi connectivity index (χ1n) is 8.01. The molecule has 24 heavy (non-hydrogen) atoms. The van der Waals surface area contributed by atoms with Gasteiger partial charge in [-0.25, -0.2) is 9.18 Å². The molecule has 0 atom stereocenters. The van der Waals surface area contributed by atoms with Gasteiger partial charge in [-0.15, -0.1) is 0 Å². The molecule has 0 aromatic heterocycles. The third kappa shape index (κ3) is 5.57. The van der Waals surface area contributed by atoms with Gasteiger partial charge in [-0.1, -0.05) is 35.9 Å². The first-order chi connectivity index (χ1) is 11.6. The van der Waals surface area contributed by atoms with Crippen molar-refractivity contribution in [3.05, 3.63) is 65.0 Å². The van der Waals surface area contributed by atoms with Crippen LogP contribution in [0, 0.1) is 19.7 Å². The van der Waals surface area contributed by atoms with E-state index in [0.29, 0.717) is 31.7 Å². The number of amides is 2. The van der Waals surface area contributed by atoms with E-state index in [1.54, 1.807) is 18.2 Å². The Balaban J connectivity index is 1.62. The number of halogens is 1. The van der Waals surface area contributed by atoms with E-state index in [1.165, 1.54) is 11.6 Å². The molecule has 2 aromatic carbocycles. The molecule has 128 valence electrons. The molecule has 0 bridgehead atoms. The van der Waals surface area contributed by atoms with Gasteiger partial charge in [0.15, 0.2) is 0 Å². The number of hydrogen-bond donors (Lipinski definition) is 2. The van der Waals surface area contributed by atoms with E-state index in [0.717, 1.165) is 11.3 Å². The maximum absolute atomic E-state index is 13.4. The van der Waals surface area contributed by atoms with E-state index in [4.69, 9.17) is 4.74 Å². The minimum atomic E-state index is -0.282. The van der Waals surface area contributed by atoms with E-state index >= 15 is 0 Å². The van der Waals surface area contributed by atoms with Crippen LogP contribution in [-0.2, 0) is 6.42 Å². The van der Waals surface area contributed by atoms with Crippen LogP contribution in [0.3, 0.4) is 0 Å². The van der Waals surface area contributed by atoms with Gasteiger partial charge in [-0.3, -0.25) is 0 Å². The third-order valence-electron chi connectivity index (χ3n) is 3.61. The number of hydrogen-bond acceptors (Lipinski definition) is 2. The van der Waals surface area contributed by atoms with Gasteiger partial charge in [0.25, 0.3) is 0 Å². The molecule has 2 rings (SSSR count). The number of rotatable bonds is 7. The van der Waals surface area contributed by atoms with Crippen LogP contribution < -0.4 is 15.4 Å². The molecule has 0 heterocycles. The van der Waals surface area contributed by atoms with Crippen LogP contribution in [0.4, 0.5) is 9.18 Å². The molecule has 4 nitrogen and oxygen atoms in total. The Morgan fingerprint density at radius 3 is 2.58 bits per heavy atom. The smallest absolute Gasteiger partial charge is 0.314 e. The number of carbonyl (C=O) groups excluding carboxylic acids is 1. The lowest BCUT2D eigenvalue weighted by Gasteiger charge is -2.11. The molecule has 0 aliphatic rings. The number of nitrogens with one attached hydrogen (secondary N) is 2. The van der Waals surface area contributed by atoms with Crippen LogP contribution in [0.15, 0.2) is 42.5 Å². The summed E-state index contributed by atoms with van der Waals surface area (Å²) in [5, 5.41) is 5.42. The highest BCUT2D eigenvalue weighted by molar-refractivity contribution is 5.73. The van der Waals surface area contributed by atoms with Crippen molar-refractivity contribution >= 4 is 6.03 Å². The van der Waals surface area contributed by atoms with Crippen molar-refractivity contribution in [3.63, 3.8) is 0 Å². The largest absolute Gasteiger partial charge is 0.491 e. The zero-order valence-corrected chi connectivity index (χ0v) is 14.1. The first kappa shape index (κ1) is 17.8. The monoisotopic (exact) mass is 330 g/mol. The standard InChI is InChI=1S/C19H23FN2O2/c1-14-7-8-18(15(2)13-14)24-12-11-22-19(23)21-10-9-16-5-3-4-6-17(16)20/h3-8,13H,9-12H2,1-2H3,(H2,21,22,23). The Kier molecular flexibility index (Phi) is 6.61. The molecule has 0 radical (unpaired) electrons. The highest BCUT2D eigenvalue weighted by atomic mass is 19.1. The minimum Gasteiger partial charge on any atom is -0.491 e. The normalized spacial score (nSPS) is 10.3. The molecule has 0 aliphatic heterocycles. The lowest BCUT2D eigenvalue weighted by Crippen LogP contribution is -2.38. The Morgan fingerprint density at radius 2 is 1.83 bits per heavy atom. The fourth-order valence-electron chi connectivity index (χ4n) is 2.36. The molecule has 0 unspecified atom stereocenters. The van der Waals surface area contributed by atoms with Crippen molar-refractivity contribution in [3.8, 4) is 5.75 Å². The van der Waals surface area contributed by atoms with Crippen LogP contribution in [-0.4, -0.2) is 25.7 Å². The van der Waals surface area contributed by atoms with Crippen LogP contribution in [0.2, 0.25) is 0 Å². The average molecular weight is 330 g/mol. The lowest BCUT2D eigenvalue weighted by molar-refractivity contribution is 0.236. The molecule has 0 saturated heterocycles. The second kappa shape index (κ2) is 8.91. The molecular formula is C19H23FN2O2. The third-order valence-corrected chi connectivity index (χ3v) is 3.61. The second-order valence-corrected chi connectivity index (χ2v) is 5.64. The topological polar surface area (TPSA) is 50.4 Å². The van der Waals surface area contributed by atoms with Crippen molar-refractivity contribution < 1.29 is 13.9 Å². The zero-order valence-electron chi connectivity index (χ0n) is 14.1. The van der Waals surface area contributed by atoms with E-state index in [1.807, 2.05) is 26.0 Å². The van der Waals surface area contributed by atoms with Gasteiger partial charge < -0.3 is 15.4 Å². The molecule has 2 N–H and O–H groups in total. The number of urea groups is 1. The van der Waals surface area contributed by atoms with Gasteiger partial charge in [-0.2, -0.15) is 0 Å². The summed E-state index contributed by atoms with van der Waals surface area (Å²) in [6.07, 6.45) is 0.457. The van der Waals surface area contributed by atoms with Gasteiger partial charge >= 0.3 is 6.03 Å². The Bertz CT molecular complexity index is 689. The van der Waals surface area contributed by atoms with E-state index in [2.05, 4.69) is 16.7 Å². The summed E-state index contributed by atoms with van der Waals surface area (Å²) in [5.74, 6) is 0.573. The van der Waals surface area contributed by atoms with Crippen LogP contribution in [0.1, 0.15) is 16.7 Å². The summed E-state index contributed by atoms with van der Waals surface area (Å²) in [7, 11) is 0. The van der Waals surface area contributed by atoms with E-state index in [9.17, 15) is 9.18 Å². The van der Waals surface area contributed by atoms with Crippen molar-refractivity contribution in [1.29, 1.82) is 0 Å². The van der Waals surface area contributed by atoms with Crippen molar-refractivity contribution in [2.75, 3.05) is 19.7 Å². The zero-order chi connectivity index (χ0) is 17.4. The number of benzene rings is 2. The summed E-state index contributed by atoms with van der Waals surface area (Å²) >= 11 is 0. The molecular weight excluding hydrogens is 307 g/mol. The highest BCUT2D eigenvalue weighted by Crippen LogP contribution is 2.18. The maximum Gasteiger partial charge on any atom is 0.314 e. The number of carbonyl (C=O) groups is 1. The molecule has 0 saturated carbocycles. The average Bonchev–Trinajstić information content (AvgIpc) is 2.55. The van der Waals surface area contributed by atoms with Gasteiger partial charge in [0.1, 0.15) is 18.2 Å². The van der Waals surface area contributed by atoms with Gasteiger partial charge in [-0.05, 0) is 43.5 Å². The van der Waals surface area contributed by atoms with Gasteiger partial charge in [0.2, 0.25) is 0 Å². The molecule has 2 aromatic rings. The number of aryl methyl sites for hydroxylation is 2. The summed E-state index contributed by atoms with van der Waals surface area (Å²) < 4.78 is 19.1. The van der Waals surface area contributed by atoms with E-state index < -0.39 is 0 Å². The van der Waals surface area contributed by atoms with Crippen molar-refractivity contribution in [2.24, 2.45) is 0 Å². The quantitative estimate of drug-likeness (QED) is 0.765. The van der Waals surface area contributed by atoms with Crippen LogP contribution >= 0.6 is 0 Å². The van der Waals surface area contributed by atoms with Gasteiger partial charge in [0.05, 0.1) is 6.54 Å². The minimum absolute atomic E-state index is 0.249. The summed E-state index contributed by atoms with van der Waals surface area (Å²) in [5.41, 5.74) is 2.85. The fourth-order valence-corrected chi connectivity index (χ4v) is 2.36. The van der Waals surface area contributed by atoms with Crippen LogP contribution in [0.25, 0.3) is 0 Å². The fraction of sp³-hybridized carbons (Fsp3) is 0.316. The first-order valence-corrected chi connectivity index (χ1v) is 8.01. The predicted molar refractivity (Wildman–Crippen MR) is 92.9 cm³/mol. The Morgan fingerprint density at radius 1 is 1.08 bits per heavy atom. The molecule has 0 aliphatic carbocycles. The van der Waals surface area contributed by atoms with Crippen LogP contribution in [0.5, 0.6) is 5.75 Å². The van der Waals surface area contributed by atoms with Gasteiger partial charge in [0, 0.05) is 6.54 Å². The Hall–Kier alpha value is -2.56. The predicted octanol–water partition coefficient (Wildman–Crippen LogP) is 3.36. The summed E-state index contributed by atoms with van der Waals surface area (Å²) in [4.78, 5) is 11.7. The van der Waals surface area contributed by atoms with E-state index in [-0.39, 0.29) is 11.8 Å². The number of ether oxygens (including phenoxy) is 1. The second-order valence-electron chi connectivity index (χ2n) is 5.64. The molecule has 5 heteroatoms. The maximum atomic E-state index is 13.4. The summed E-state index contributed by atoms with van der Waals surface area (Å²) in [6.45, 7) is 5.20. The Labute approximate surface area is 142 Å². The van der Waals surface area contributed by atoms with Crippen molar-refractivity contribution in [1.82, 2.24) is 10.6 Å². The molecule has 0 spiro atoms. The summed E-state index contributed by atoms with van der Waals surface area (Å²) in [6, 6.07) is 12.3. The lowest BCUT2D eigenvalue weighted by atomic mass is 10.1. The molecule has 0 fully saturated rings. The highest BCUT2D eigenvalue weighted by Gasteiger charge is 2.03.